The third-order valence-electron chi connectivity index (χ3n) is 2.32. The van der Waals surface area contributed by atoms with E-state index in [1.54, 1.807) is 6.08 Å². The summed E-state index contributed by atoms with van der Waals surface area (Å²) in [5.74, 6) is 1.08. The van der Waals surface area contributed by atoms with Gasteiger partial charge < -0.3 is 0 Å². The SMILES string of the molecule is C=CCNC1(C#N)CCSC1C. The lowest BCUT2D eigenvalue weighted by Crippen LogP contribution is -2.48. The lowest BCUT2D eigenvalue weighted by molar-refractivity contribution is 0.434. The molecule has 0 aromatic carbocycles. The van der Waals surface area contributed by atoms with E-state index in [2.05, 4.69) is 24.9 Å². The molecule has 2 unspecified atom stereocenters. The van der Waals surface area contributed by atoms with Gasteiger partial charge in [0.1, 0.15) is 5.54 Å². The third kappa shape index (κ3) is 1.65. The first kappa shape index (κ1) is 9.63. The second-order valence-electron chi connectivity index (χ2n) is 3.02. The van der Waals surface area contributed by atoms with Crippen molar-refractivity contribution in [1.29, 1.82) is 5.26 Å². The van der Waals surface area contributed by atoms with Crippen LogP contribution >= 0.6 is 11.8 Å². The second-order valence-corrected chi connectivity index (χ2v) is 4.46. The molecule has 0 saturated carbocycles. The van der Waals surface area contributed by atoms with Gasteiger partial charge in [-0.2, -0.15) is 17.0 Å². The van der Waals surface area contributed by atoms with Crippen molar-refractivity contribution < 1.29 is 0 Å². The summed E-state index contributed by atoms with van der Waals surface area (Å²) >= 11 is 1.86. The molecule has 1 heterocycles. The zero-order valence-electron chi connectivity index (χ0n) is 7.34. The van der Waals surface area contributed by atoms with Gasteiger partial charge in [-0.1, -0.05) is 13.0 Å². The van der Waals surface area contributed by atoms with Gasteiger partial charge in [-0.25, -0.2) is 0 Å². The number of nitriles is 1. The van der Waals surface area contributed by atoms with Crippen LogP contribution in [0.2, 0.25) is 0 Å². The fourth-order valence-electron chi connectivity index (χ4n) is 1.41. The molecule has 2 nitrogen and oxygen atoms in total. The highest BCUT2D eigenvalue weighted by Gasteiger charge is 2.40. The number of hydrogen-bond acceptors (Lipinski definition) is 3. The normalized spacial score (nSPS) is 34.5. The molecule has 1 saturated heterocycles. The van der Waals surface area contributed by atoms with Crippen molar-refractivity contribution in [2.45, 2.75) is 24.1 Å². The van der Waals surface area contributed by atoms with Crippen LogP contribution in [-0.4, -0.2) is 23.1 Å². The van der Waals surface area contributed by atoms with E-state index in [1.165, 1.54) is 0 Å². The number of rotatable bonds is 3. The Morgan fingerprint density at radius 3 is 3.08 bits per heavy atom. The molecule has 0 spiro atoms. The lowest BCUT2D eigenvalue weighted by atomic mass is 9.95. The summed E-state index contributed by atoms with van der Waals surface area (Å²) in [6.45, 7) is 6.46. The molecule has 0 aromatic heterocycles. The smallest absolute Gasteiger partial charge is 0.119 e. The first-order valence-corrected chi connectivity index (χ1v) is 5.19. The minimum absolute atomic E-state index is 0.307. The van der Waals surface area contributed by atoms with Crippen molar-refractivity contribution >= 4 is 11.8 Å². The zero-order valence-corrected chi connectivity index (χ0v) is 8.16. The molecule has 66 valence electrons. The minimum Gasteiger partial charge on any atom is -0.295 e. The summed E-state index contributed by atoms with van der Waals surface area (Å²) in [6.07, 6.45) is 2.75. The van der Waals surface area contributed by atoms with Crippen molar-refractivity contribution in [3.63, 3.8) is 0 Å². The molecule has 3 heteroatoms. The fourth-order valence-corrected chi connectivity index (χ4v) is 2.75. The quantitative estimate of drug-likeness (QED) is 0.673. The van der Waals surface area contributed by atoms with Crippen LogP contribution in [0.5, 0.6) is 0 Å². The Morgan fingerprint density at radius 1 is 1.92 bits per heavy atom. The first-order chi connectivity index (χ1) is 5.75. The van der Waals surface area contributed by atoms with Gasteiger partial charge in [-0.05, 0) is 12.2 Å². The molecule has 0 radical (unpaired) electrons. The van der Waals surface area contributed by atoms with Crippen LogP contribution in [0.15, 0.2) is 12.7 Å². The van der Waals surface area contributed by atoms with Crippen molar-refractivity contribution in [3.05, 3.63) is 12.7 Å². The summed E-state index contributed by atoms with van der Waals surface area (Å²) in [6, 6.07) is 2.38. The highest BCUT2D eigenvalue weighted by molar-refractivity contribution is 8.00. The van der Waals surface area contributed by atoms with Gasteiger partial charge >= 0.3 is 0 Å². The van der Waals surface area contributed by atoms with Gasteiger partial charge in [0, 0.05) is 11.8 Å². The van der Waals surface area contributed by atoms with Gasteiger partial charge in [0.15, 0.2) is 0 Å². The Labute approximate surface area is 78.0 Å². The Morgan fingerprint density at radius 2 is 2.67 bits per heavy atom. The van der Waals surface area contributed by atoms with E-state index in [0.29, 0.717) is 5.25 Å². The van der Waals surface area contributed by atoms with E-state index in [-0.39, 0.29) is 5.54 Å². The van der Waals surface area contributed by atoms with Crippen molar-refractivity contribution in [1.82, 2.24) is 5.32 Å². The van der Waals surface area contributed by atoms with E-state index in [0.717, 1.165) is 18.7 Å². The summed E-state index contributed by atoms with van der Waals surface area (Å²) in [5.41, 5.74) is -0.307. The van der Waals surface area contributed by atoms with Gasteiger partial charge in [0.25, 0.3) is 0 Å². The maximum Gasteiger partial charge on any atom is 0.119 e. The number of nitrogens with one attached hydrogen (secondary N) is 1. The number of thioether (sulfide) groups is 1. The van der Waals surface area contributed by atoms with E-state index in [4.69, 9.17) is 5.26 Å². The molecule has 0 aromatic rings. The molecule has 2 atom stereocenters. The molecule has 12 heavy (non-hydrogen) atoms. The molecule has 0 aliphatic carbocycles. The Hall–Kier alpha value is -0.460. The third-order valence-corrected chi connectivity index (χ3v) is 3.66. The maximum absolute atomic E-state index is 9.05. The summed E-state index contributed by atoms with van der Waals surface area (Å²) in [7, 11) is 0. The Balaban J connectivity index is 2.62. The summed E-state index contributed by atoms with van der Waals surface area (Å²) in [4.78, 5) is 0. The minimum atomic E-state index is -0.307. The summed E-state index contributed by atoms with van der Waals surface area (Å²) < 4.78 is 0. The maximum atomic E-state index is 9.05. The van der Waals surface area contributed by atoms with Gasteiger partial charge in [-0.3, -0.25) is 5.32 Å². The molecule has 1 rings (SSSR count). The zero-order chi connectivity index (χ0) is 9.03. The highest BCUT2D eigenvalue weighted by atomic mass is 32.2. The predicted molar refractivity (Wildman–Crippen MR) is 53.1 cm³/mol. The Bertz CT molecular complexity index is 209. The van der Waals surface area contributed by atoms with Crippen LogP contribution in [-0.2, 0) is 0 Å². The van der Waals surface area contributed by atoms with Crippen LogP contribution < -0.4 is 5.32 Å². The first-order valence-electron chi connectivity index (χ1n) is 4.14. The molecule has 1 aliphatic heterocycles. The van der Waals surface area contributed by atoms with Gasteiger partial charge in [-0.15, -0.1) is 6.58 Å². The monoisotopic (exact) mass is 182 g/mol. The van der Waals surface area contributed by atoms with Crippen LogP contribution in [0.1, 0.15) is 13.3 Å². The average Bonchev–Trinajstić information content (AvgIpc) is 2.45. The molecule has 0 amide bonds. The largest absolute Gasteiger partial charge is 0.295 e. The molecular weight excluding hydrogens is 168 g/mol. The van der Waals surface area contributed by atoms with Crippen LogP contribution in [0, 0.1) is 11.3 Å². The standard InChI is InChI=1S/C9H14N2S/c1-3-5-11-9(7-10)4-6-12-8(9)2/h3,8,11H,1,4-6H2,2H3. The lowest BCUT2D eigenvalue weighted by Gasteiger charge is -2.25. The van der Waals surface area contributed by atoms with Crippen molar-refractivity contribution in [3.8, 4) is 6.07 Å². The summed E-state index contributed by atoms with van der Waals surface area (Å²) in [5, 5.41) is 12.7. The van der Waals surface area contributed by atoms with Gasteiger partial charge in [0.05, 0.1) is 6.07 Å². The topological polar surface area (TPSA) is 35.8 Å². The van der Waals surface area contributed by atoms with E-state index in [1.807, 2.05) is 11.8 Å². The van der Waals surface area contributed by atoms with Crippen LogP contribution in [0.4, 0.5) is 0 Å². The highest BCUT2D eigenvalue weighted by Crippen LogP contribution is 2.34. The molecule has 1 fully saturated rings. The fraction of sp³-hybridized carbons (Fsp3) is 0.667. The Kier molecular flexibility index (Phi) is 3.19. The molecule has 1 aliphatic rings. The van der Waals surface area contributed by atoms with E-state index in [9.17, 15) is 0 Å². The number of hydrogen-bond donors (Lipinski definition) is 1. The molecular formula is C9H14N2S. The average molecular weight is 182 g/mol. The van der Waals surface area contributed by atoms with Crippen LogP contribution in [0.25, 0.3) is 0 Å². The molecule has 0 bridgehead atoms. The second kappa shape index (κ2) is 3.97. The van der Waals surface area contributed by atoms with Crippen molar-refractivity contribution in [2.24, 2.45) is 0 Å². The van der Waals surface area contributed by atoms with Gasteiger partial charge in [0.2, 0.25) is 0 Å². The van der Waals surface area contributed by atoms with Crippen LogP contribution in [0.3, 0.4) is 0 Å². The molecule has 1 N–H and O–H groups in total. The predicted octanol–water partition coefficient (Wildman–Crippen LogP) is 1.55. The number of nitrogens with zero attached hydrogens (tertiary/aromatic N) is 1. The van der Waals surface area contributed by atoms with Crippen molar-refractivity contribution in [2.75, 3.05) is 12.3 Å². The van der Waals surface area contributed by atoms with E-state index >= 15 is 0 Å². The van der Waals surface area contributed by atoms with E-state index < -0.39 is 0 Å².